The molecule has 1 N–H and O–H groups in total. The monoisotopic (exact) mass is 389 g/mol. The SMILES string of the molecule is CCCc1nccc(-c2cc3cnc(NC(=O)c4cn(C)nc4C)cc3n2C)n1. The fourth-order valence-corrected chi connectivity index (χ4v) is 3.44. The first kappa shape index (κ1) is 18.8. The number of fused-ring (bicyclic) bond motifs is 1. The summed E-state index contributed by atoms with van der Waals surface area (Å²) in [6.07, 6.45) is 7.11. The first-order valence-corrected chi connectivity index (χ1v) is 9.55. The number of carbonyl (C=O) groups excluding carboxylic acids is 1. The zero-order valence-corrected chi connectivity index (χ0v) is 17.0. The van der Waals surface area contributed by atoms with E-state index in [2.05, 4.69) is 42.9 Å². The van der Waals surface area contributed by atoms with Gasteiger partial charge >= 0.3 is 0 Å². The molecule has 1 amide bonds. The van der Waals surface area contributed by atoms with E-state index in [0.717, 1.165) is 41.0 Å². The van der Waals surface area contributed by atoms with Crippen molar-refractivity contribution >= 4 is 22.6 Å². The molecule has 0 radical (unpaired) electrons. The maximum atomic E-state index is 12.6. The largest absolute Gasteiger partial charge is 0.342 e. The Morgan fingerprint density at radius 1 is 1.21 bits per heavy atom. The Bertz CT molecular complexity index is 1210. The number of nitrogens with zero attached hydrogens (tertiary/aromatic N) is 6. The first-order valence-electron chi connectivity index (χ1n) is 9.55. The fraction of sp³-hybridized carbons (Fsp3) is 0.286. The van der Waals surface area contributed by atoms with Crippen molar-refractivity contribution in [1.29, 1.82) is 0 Å². The number of hydrogen-bond donors (Lipinski definition) is 1. The van der Waals surface area contributed by atoms with Crippen molar-refractivity contribution in [1.82, 2.24) is 29.3 Å². The second kappa shape index (κ2) is 7.46. The number of anilines is 1. The number of pyridine rings is 1. The summed E-state index contributed by atoms with van der Waals surface area (Å²) in [7, 11) is 3.77. The van der Waals surface area contributed by atoms with Gasteiger partial charge in [0.1, 0.15) is 11.6 Å². The summed E-state index contributed by atoms with van der Waals surface area (Å²) in [6.45, 7) is 3.92. The van der Waals surface area contributed by atoms with Gasteiger partial charge in [0.25, 0.3) is 5.91 Å². The minimum Gasteiger partial charge on any atom is -0.342 e. The highest BCUT2D eigenvalue weighted by atomic mass is 16.1. The molecule has 0 unspecified atom stereocenters. The van der Waals surface area contributed by atoms with Crippen molar-refractivity contribution in [3.05, 3.63) is 53.9 Å². The van der Waals surface area contributed by atoms with E-state index in [1.807, 2.05) is 26.1 Å². The lowest BCUT2D eigenvalue weighted by molar-refractivity contribution is 0.102. The van der Waals surface area contributed by atoms with Crippen LogP contribution in [0.2, 0.25) is 0 Å². The summed E-state index contributed by atoms with van der Waals surface area (Å²) in [4.78, 5) is 26.0. The van der Waals surface area contributed by atoms with Crippen LogP contribution in [0.4, 0.5) is 5.82 Å². The highest BCUT2D eigenvalue weighted by Crippen LogP contribution is 2.27. The molecule has 0 atom stereocenters. The van der Waals surface area contributed by atoms with Gasteiger partial charge in [-0.3, -0.25) is 9.48 Å². The summed E-state index contributed by atoms with van der Waals surface area (Å²) >= 11 is 0. The molecule has 148 valence electrons. The van der Waals surface area contributed by atoms with Crippen LogP contribution >= 0.6 is 0 Å². The van der Waals surface area contributed by atoms with Gasteiger partial charge in [0.05, 0.1) is 28.2 Å². The number of nitrogens with one attached hydrogen (secondary N) is 1. The van der Waals surface area contributed by atoms with Gasteiger partial charge in [0, 0.05) is 50.6 Å². The molecule has 4 rings (SSSR count). The predicted molar refractivity (Wildman–Crippen MR) is 112 cm³/mol. The Morgan fingerprint density at radius 3 is 2.76 bits per heavy atom. The van der Waals surface area contributed by atoms with E-state index >= 15 is 0 Å². The quantitative estimate of drug-likeness (QED) is 0.566. The predicted octanol–water partition coefficient (Wildman–Crippen LogP) is 3.28. The minimum atomic E-state index is -0.225. The van der Waals surface area contributed by atoms with Crippen molar-refractivity contribution in [2.45, 2.75) is 26.7 Å². The number of rotatable bonds is 5. The lowest BCUT2D eigenvalue weighted by Crippen LogP contribution is -2.13. The van der Waals surface area contributed by atoms with Gasteiger partial charge in [-0.15, -0.1) is 0 Å². The molecule has 0 fully saturated rings. The highest BCUT2D eigenvalue weighted by Gasteiger charge is 2.15. The van der Waals surface area contributed by atoms with E-state index < -0.39 is 0 Å². The van der Waals surface area contributed by atoms with E-state index in [-0.39, 0.29) is 5.91 Å². The number of amides is 1. The highest BCUT2D eigenvalue weighted by molar-refractivity contribution is 6.05. The van der Waals surface area contributed by atoms with Crippen molar-refractivity contribution < 1.29 is 4.79 Å². The van der Waals surface area contributed by atoms with E-state index in [1.165, 1.54) is 0 Å². The van der Waals surface area contributed by atoms with Gasteiger partial charge in [-0.25, -0.2) is 15.0 Å². The van der Waals surface area contributed by atoms with Crippen molar-refractivity contribution in [3.63, 3.8) is 0 Å². The van der Waals surface area contributed by atoms with E-state index in [4.69, 9.17) is 0 Å². The Kier molecular flexibility index (Phi) is 4.84. The van der Waals surface area contributed by atoms with E-state index in [0.29, 0.717) is 17.1 Å². The maximum absolute atomic E-state index is 12.6. The fourth-order valence-electron chi connectivity index (χ4n) is 3.44. The molecule has 4 aromatic rings. The molecule has 29 heavy (non-hydrogen) atoms. The summed E-state index contributed by atoms with van der Waals surface area (Å²) in [5.41, 5.74) is 4.03. The smallest absolute Gasteiger partial charge is 0.260 e. The summed E-state index contributed by atoms with van der Waals surface area (Å²) in [5, 5.41) is 8.06. The van der Waals surface area contributed by atoms with Gasteiger partial charge in [0.2, 0.25) is 0 Å². The lowest BCUT2D eigenvalue weighted by atomic mass is 10.2. The van der Waals surface area contributed by atoms with Crippen molar-refractivity contribution in [2.75, 3.05) is 5.32 Å². The Morgan fingerprint density at radius 2 is 2.03 bits per heavy atom. The van der Waals surface area contributed by atoms with Gasteiger partial charge in [-0.1, -0.05) is 6.92 Å². The van der Waals surface area contributed by atoms with Crippen LogP contribution in [-0.2, 0) is 20.5 Å². The molecule has 8 heteroatoms. The van der Waals surface area contributed by atoms with Crippen molar-refractivity contribution in [2.24, 2.45) is 14.1 Å². The molecule has 8 nitrogen and oxygen atoms in total. The van der Waals surface area contributed by atoms with Gasteiger partial charge < -0.3 is 9.88 Å². The van der Waals surface area contributed by atoms with Crippen LogP contribution in [0.25, 0.3) is 22.3 Å². The number of hydrogen-bond acceptors (Lipinski definition) is 5. The zero-order chi connectivity index (χ0) is 20.5. The molecule has 0 saturated carbocycles. The van der Waals surface area contributed by atoms with Crippen LogP contribution in [0.3, 0.4) is 0 Å². The molecule has 0 bridgehead atoms. The van der Waals surface area contributed by atoms with Gasteiger partial charge in [-0.2, -0.15) is 5.10 Å². The third-order valence-electron chi connectivity index (χ3n) is 4.87. The Balaban J connectivity index is 1.66. The molecule has 0 aliphatic heterocycles. The standard InChI is InChI=1S/C21H23N7O/c1-5-6-19-22-8-7-16(24-19)18-9-14-11-23-20(10-17(14)28(18)4)25-21(29)15-12-27(3)26-13(15)2/h7-12H,5-6H2,1-4H3,(H,23,25,29). The van der Waals surface area contributed by atoms with Crippen LogP contribution < -0.4 is 5.32 Å². The Labute approximate surface area is 168 Å². The molecule has 0 spiro atoms. The average molecular weight is 389 g/mol. The van der Waals surface area contributed by atoms with Crippen LogP contribution in [-0.4, -0.2) is 35.2 Å². The number of aromatic nitrogens is 6. The van der Waals surface area contributed by atoms with Crippen LogP contribution in [0.15, 0.2) is 36.8 Å². The van der Waals surface area contributed by atoms with E-state index in [1.54, 1.807) is 30.3 Å². The normalized spacial score (nSPS) is 11.2. The number of aryl methyl sites for hydroxylation is 4. The second-order valence-corrected chi connectivity index (χ2v) is 7.08. The summed E-state index contributed by atoms with van der Waals surface area (Å²) in [6, 6.07) is 5.84. The lowest BCUT2D eigenvalue weighted by Gasteiger charge is -2.07. The van der Waals surface area contributed by atoms with Gasteiger partial charge in [0.15, 0.2) is 0 Å². The Hall–Kier alpha value is -3.55. The van der Waals surface area contributed by atoms with Crippen LogP contribution in [0.5, 0.6) is 0 Å². The molecule has 0 aliphatic carbocycles. The summed E-state index contributed by atoms with van der Waals surface area (Å²) in [5.74, 6) is 1.11. The first-order chi connectivity index (χ1) is 14.0. The molecule has 4 heterocycles. The molecular weight excluding hydrogens is 366 g/mol. The van der Waals surface area contributed by atoms with Gasteiger partial charge in [-0.05, 0) is 25.5 Å². The van der Waals surface area contributed by atoms with Crippen molar-refractivity contribution in [3.8, 4) is 11.4 Å². The van der Waals surface area contributed by atoms with Crippen LogP contribution in [0, 0.1) is 6.92 Å². The third-order valence-corrected chi connectivity index (χ3v) is 4.87. The molecular formula is C21H23N7O. The topological polar surface area (TPSA) is 90.5 Å². The molecule has 0 aromatic carbocycles. The average Bonchev–Trinajstić information content (AvgIpc) is 3.21. The molecule has 0 saturated heterocycles. The molecule has 0 aliphatic rings. The minimum absolute atomic E-state index is 0.225. The summed E-state index contributed by atoms with van der Waals surface area (Å²) < 4.78 is 3.68. The number of carbonyl (C=O) groups is 1. The zero-order valence-electron chi connectivity index (χ0n) is 17.0. The van der Waals surface area contributed by atoms with E-state index in [9.17, 15) is 4.79 Å². The van der Waals surface area contributed by atoms with Crippen LogP contribution in [0.1, 0.15) is 35.2 Å². The third kappa shape index (κ3) is 3.61. The molecule has 4 aromatic heterocycles. The second-order valence-electron chi connectivity index (χ2n) is 7.08. The maximum Gasteiger partial charge on any atom is 0.260 e.